The third kappa shape index (κ3) is 3.49. The zero-order valence-corrected chi connectivity index (χ0v) is 11.8. The van der Waals surface area contributed by atoms with Gasteiger partial charge in [0.25, 0.3) is 0 Å². The normalized spacial score (nSPS) is 19.1. The number of rotatable bonds is 2. The minimum atomic E-state index is 0.372. The lowest BCUT2D eigenvalue weighted by Crippen LogP contribution is -2.37. The average molecular weight is 247 g/mol. The third-order valence-electron chi connectivity index (χ3n) is 4.13. The van der Waals surface area contributed by atoms with Crippen molar-refractivity contribution in [1.82, 2.24) is 4.90 Å². The first-order valence-electron chi connectivity index (χ1n) is 6.95. The Labute approximate surface area is 111 Å². The van der Waals surface area contributed by atoms with Gasteiger partial charge in [0.05, 0.1) is 0 Å². The van der Waals surface area contributed by atoms with Crippen molar-refractivity contribution in [1.29, 1.82) is 0 Å². The number of phenolic OH excluding ortho intramolecular Hbond substituents is 1. The number of aromatic hydroxyl groups is 1. The second-order valence-corrected chi connectivity index (χ2v) is 6.59. The molecule has 1 N–H and O–H groups in total. The fourth-order valence-electron chi connectivity index (χ4n) is 2.87. The second kappa shape index (κ2) is 5.31. The molecule has 0 unspecified atom stereocenters. The van der Waals surface area contributed by atoms with Gasteiger partial charge in [-0.2, -0.15) is 0 Å². The summed E-state index contributed by atoms with van der Waals surface area (Å²) in [7, 11) is 0. The molecule has 0 aliphatic carbocycles. The van der Waals surface area contributed by atoms with Gasteiger partial charge >= 0.3 is 0 Å². The van der Waals surface area contributed by atoms with Crippen LogP contribution in [0.1, 0.15) is 39.2 Å². The Balaban J connectivity index is 1.87. The van der Waals surface area contributed by atoms with E-state index in [2.05, 4.69) is 31.7 Å². The molecule has 2 heteroatoms. The topological polar surface area (TPSA) is 23.5 Å². The molecule has 1 saturated heterocycles. The second-order valence-electron chi connectivity index (χ2n) is 6.59. The molecule has 0 amide bonds. The zero-order chi connectivity index (χ0) is 13.2. The van der Waals surface area contributed by atoms with Gasteiger partial charge in [-0.05, 0) is 55.0 Å². The van der Waals surface area contributed by atoms with E-state index in [9.17, 15) is 5.11 Å². The number of phenols is 1. The monoisotopic (exact) mass is 247 g/mol. The van der Waals surface area contributed by atoms with Gasteiger partial charge in [-0.3, -0.25) is 4.90 Å². The maximum atomic E-state index is 9.47. The van der Waals surface area contributed by atoms with E-state index in [0.717, 1.165) is 12.5 Å². The molecule has 1 aromatic rings. The van der Waals surface area contributed by atoms with Crippen molar-refractivity contribution in [2.24, 2.45) is 11.3 Å². The molecule has 2 nitrogen and oxygen atoms in total. The first-order chi connectivity index (χ1) is 8.45. The van der Waals surface area contributed by atoms with Crippen LogP contribution >= 0.6 is 0 Å². The van der Waals surface area contributed by atoms with Gasteiger partial charge in [0, 0.05) is 6.54 Å². The first kappa shape index (κ1) is 13.4. The lowest BCUT2D eigenvalue weighted by atomic mass is 9.75. The Morgan fingerprint density at radius 2 is 1.89 bits per heavy atom. The summed E-state index contributed by atoms with van der Waals surface area (Å²) in [4.78, 5) is 2.50. The van der Waals surface area contributed by atoms with Crippen molar-refractivity contribution in [3.05, 3.63) is 29.8 Å². The Bertz CT molecular complexity index is 386. The molecule has 1 aromatic carbocycles. The Morgan fingerprint density at radius 1 is 1.22 bits per heavy atom. The minimum absolute atomic E-state index is 0.372. The summed E-state index contributed by atoms with van der Waals surface area (Å²) in [6.07, 6.45) is 2.59. The lowest BCUT2D eigenvalue weighted by Gasteiger charge is -2.38. The molecule has 0 saturated carbocycles. The third-order valence-corrected chi connectivity index (χ3v) is 4.13. The van der Waals surface area contributed by atoms with Gasteiger partial charge in [-0.15, -0.1) is 0 Å². The summed E-state index contributed by atoms with van der Waals surface area (Å²) >= 11 is 0. The van der Waals surface area contributed by atoms with Crippen molar-refractivity contribution in [2.75, 3.05) is 13.1 Å². The zero-order valence-electron chi connectivity index (χ0n) is 11.8. The molecule has 1 heterocycles. The first-order valence-corrected chi connectivity index (χ1v) is 6.95. The van der Waals surface area contributed by atoms with Crippen molar-refractivity contribution < 1.29 is 5.11 Å². The smallest absolute Gasteiger partial charge is 0.115 e. The number of piperidine rings is 1. The molecule has 1 aliphatic rings. The van der Waals surface area contributed by atoms with Crippen LogP contribution in [0.5, 0.6) is 5.75 Å². The Hall–Kier alpha value is -1.02. The van der Waals surface area contributed by atoms with Crippen molar-refractivity contribution in [2.45, 2.75) is 40.2 Å². The van der Waals surface area contributed by atoms with Crippen LogP contribution in [0.4, 0.5) is 0 Å². The fraction of sp³-hybridized carbons (Fsp3) is 0.625. The molecule has 0 spiro atoms. The summed E-state index contributed by atoms with van der Waals surface area (Å²) in [6, 6.07) is 7.62. The van der Waals surface area contributed by atoms with Gasteiger partial charge in [-0.25, -0.2) is 0 Å². The summed E-state index contributed by atoms with van der Waals surface area (Å²) in [6.45, 7) is 10.4. The minimum Gasteiger partial charge on any atom is -0.508 e. The van der Waals surface area contributed by atoms with E-state index in [1.54, 1.807) is 6.07 Å². The van der Waals surface area contributed by atoms with Gasteiger partial charge in [0.2, 0.25) is 0 Å². The van der Waals surface area contributed by atoms with Crippen molar-refractivity contribution >= 4 is 0 Å². The summed E-state index contributed by atoms with van der Waals surface area (Å²) in [5.74, 6) is 1.22. The number of nitrogens with zero attached hydrogens (tertiary/aromatic N) is 1. The SMILES string of the molecule is CC(C)(C)C1CCN(Cc2cccc(O)c2)CC1. The van der Waals surface area contributed by atoms with E-state index in [1.807, 2.05) is 12.1 Å². The fourth-order valence-corrected chi connectivity index (χ4v) is 2.87. The van der Waals surface area contributed by atoms with Crippen LogP contribution in [0.25, 0.3) is 0 Å². The van der Waals surface area contributed by atoms with E-state index < -0.39 is 0 Å². The molecule has 0 radical (unpaired) electrons. The highest BCUT2D eigenvalue weighted by molar-refractivity contribution is 5.27. The molecule has 0 aromatic heterocycles. The quantitative estimate of drug-likeness (QED) is 0.862. The molecule has 100 valence electrons. The summed E-state index contributed by atoms with van der Waals surface area (Å²) in [5.41, 5.74) is 1.65. The Kier molecular flexibility index (Phi) is 3.96. The van der Waals surface area contributed by atoms with Crippen molar-refractivity contribution in [3.8, 4) is 5.75 Å². The summed E-state index contributed by atoms with van der Waals surface area (Å²) < 4.78 is 0. The maximum absolute atomic E-state index is 9.47. The van der Waals surface area contributed by atoms with E-state index in [0.29, 0.717) is 11.2 Å². The molecular formula is C16H25NO. The van der Waals surface area contributed by atoms with Crippen LogP contribution in [-0.2, 0) is 6.54 Å². The molecule has 0 atom stereocenters. The number of hydrogen-bond donors (Lipinski definition) is 1. The van der Waals surface area contributed by atoms with Crippen LogP contribution in [0, 0.1) is 11.3 Å². The van der Waals surface area contributed by atoms with E-state index in [4.69, 9.17) is 0 Å². The highest BCUT2D eigenvalue weighted by atomic mass is 16.3. The van der Waals surface area contributed by atoms with Gasteiger partial charge in [0.15, 0.2) is 0 Å². The predicted molar refractivity (Wildman–Crippen MR) is 75.6 cm³/mol. The molecule has 1 fully saturated rings. The predicted octanol–water partition coefficient (Wildman–Crippen LogP) is 3.65. The van der Waals surface area contributed by atoms with Crippen molar-refractivity contribution in [3.63, 3.8) is 0 Å². The summed E-state index contributed by atoms with van der Waals surface area (Å²) in [5, 5.41) is 9.47. The molecular weight excluding hydrogens is 222 g/mol. The van der Waals surface area contributed by atoms with E-state index in [-0.39, 0.29) is 0 Å². The lowest BCUT2D eigenvalue weighted by molar-refractivity contribution is 0.108. The Morgan fingerprint density at radius 3 is 2.44 bits per heavy atom. The largest absolute Gasteiger partial charge is 0.508 e. The number of likely N-dealkylation sites (tertiary alicyclic amines) is 1. The molecule has 18 heavy (non-hydrogen) atoms. The molecule has 1 aliphatic heterocycles. The van der Waals surface area contributed by atoms with Crippen LogP contribution in [-0.4, -0.2) is 23.1 Å². The van der Waals surface area contributed by atoms with Gasteiger partial charge < -0.3 is 5.11 Å². The van der Waals surface area contributed by atoms with Crippen LogP contribution in [0.3, 0.4) is 0 Å². The number of benzene rings is 1. The molecule has 0 bridgehead atoms. The van der Waals surface area contributed by atoms with E-state index >= 15 is 0 Å². The van der Waals surface area contributed by atoms with Crippen LogP contribution in [0.15, 0.2) is 24.3 Å². The highest BCUT2D eigenvalue weighted by Crippen LogP contribution is 2.34. The standard InChI is InChI=1S/C16H25NO/c1-16(2,3)14-7-9-17(10-8-14)12-13-5-4-6-15(18)11-13/h4-6,11,14,18H,7-10,12H2,1-3H3. The maximum Gasteiger partial charge on any atom is 0.115 e. The average Bonchev–Trinajstić information content (AvgIpc) is 2.28. The molecule has 2 rings (SSSR count). The number of hydrogen-bond acceptors (Lipinski definition) is 2. The highest BCUT2D eigenvalue weighted by Gasteiger charge is 2.28. The van der Waals surface area contributed by atoms with Gasteiger partial charge in [0.1, 0.15) is 5.75 Å². The van der Waals surface area contributed by atoms with Gasteiger partial charge in [-0.1, -0.05) is 32.9 Å². The van der Waals surface area contributed by atoms with Crippen LogP contribution in [0.2, 0.25) is 0 Å². The van der Waals surface area contributed by atoms with Crippen LogP contribution < -0.4 is 0 Å². The van der Waals surface area contributed by atoms with E-state index in [1.165, 1.54) is 31.5 Å².